The summed E-state index contributed by atoms with van der Waals surface area (Å²) in [5.41, 5.74) is 5.30. The number of aryl methyl sites for hydroxylation is 2. The number of H-pyrrole nitrogens is 1. The zero-order valence-corrected chi connectivity index (χ0v) is 16.9. The van der Waals surface area contributed by atoms with Crippen LogP contribution in [0.25, 0.3) is 22.6 Å². The highest BCUT2D eigenvalue weighted by atomic mass is 16.5. The van der Waals surface area contributed by atoms with Gasteiger partial charge in [0, 0.05) is 32.0 Å². The van der Waals surface area contributed by atoms with E-state index in [9.17, 15) is 4.79 Å². The number of imidazole rings is 1. The lowest BCUT2D eigenvalue weighted by molar-refractivity contribution is -0.109. The fourth-order valence-electron chi connectivity index (χ4n) is 2.26. The van der Waals surface area contributed by atoms with Crippen LogP contribution in [-0.2, 0) is 9.53 Å². The maximum atomic E-state index is 9.62. The number of benzene rings is 1. The van der Waals surface area contributed by atoms with Crippen LogP contribution in [0.15, 0.2) is 36.5 Å². The second kappa shape index (κ2) is 12.6. The van der Waals surface area contributed by atoms with Gasteiger partial charge >= 0.3 is 0 Å². The lowest BCUT2D eigenvalue weighted by Gasteiger charge is -1.96. The Morgan fingerprint density at radius 3 is 2.44 bits per heavy atom. The van der Waals surface area contributed by atoms with Crippen molar-refractivity contribution in [1.82, 2.24) is 20.3 Å². The largest absolute Gasteiger partial charge is 0.385 e. The molecule has 0 fully saturated rings. The van der Waals surface area contributed by atoms with Crippen LogP contribution in [0.2, 0.25) is 0 Å². The quantitative estimate of drug-likeness (QED) is 0.507. The Hall–Kier alpha value is -2.73. The molecule has 0 aliphatic carbocycles. The van der Waals surface area contributed by atoms with Crippen molar-refractivity contribution < 1.29 is 9.53 Å². The molecule has 0 aliphatic rings. The fraction of sp³-hybridized carbons (Fsp3) is 0.381. The van der Waals surface area contributed by atoms with Crippen molar-refractivity contribution in [1.29, 1.82) is 0 Å². The van der Waals surface area contributed by atoms with Crippen molar-refractivity contribution in [2.45, 2.75) is 34.1 Å². The van der Waals surface area contributed by atoms with Gasteiger partial charge in [0.15, 0.2) is 5.65 Å². The van der Waals surface area contributed by atoms with E-state index in [1.165, 1.54) is 11.1 Å². The number of nitrogens with one attached hydrogen (secondary N) is 2. The van der Waals surface area contributed by atoms with E-state index in [-0.39, 0.29) is 0 Å². The Kier molecular flexibility index (Phi) is 10.4. The zero-order valence-electron chi connectivity index (χ0n) is 16.9. The molecule has 3 aromatic rings. The van der Waals surface area contributed by atoms with E-state index in [4.69, 9.17) is 4.74 Å². The third kappa shape index (κ3) is 7.19. The van der Waals surface area contributed by atoms with Crippen LogP contribution in [0.1, 0.15) is 31.4 Å². The van der Waals surface area contributed by atoms with E-state index in [0.717, 1.165) is 29.0 Å². The minimum absolute atomic E-state index is 0.690. The van der Waals surface area contributed by atoms with Gasteiger partial charge in [0.1, 0.15) is 5.82 Å². The second-order valence-corrected chi connectivity index (χ2v) is 5.70. The third-order valence-corrected chi connectivity index (χ3v) is 3.68. The monoisotopic (exact) mass is 370 g/mol. The molecular formula is C21H30N4O2. The minimum Gasteiger partial charge on any atom is -0.385 e. The van der Waals surface area contributed by atoms with Crippen LogP contribution in [0.4, 0.5) is 0 Å². The molecule has 2 aromatic heterocycles. The number of hydrogen-bond donors (Lipinski definition) is 2. The molecule has 0 aliphatic heterocycles. The van der Waals surface area contributed by atoms with Gasteiger partial charge in [0.25, 0.3) is 0 Å². The molecule has 6 heteroatoms. The summed E-state index contributed by atoms with van der Waals surface area (Å²) in [6, 6.07) is 10.3. The molecule has 0 saturated heterocycles. The molecule has 27 heavy (non-hydrogen) atoms. The molecule has 0 spiro atoms. The number of carbonyl (C=O) groups excluding carboxylic acids is 1. The van der Waals surface area contributed by atoms with Gasteiger partial charge in [-0.3, -0.25) is 4.79 Å². The first-order valence-corrected chi connectivity index (χ1v) is 9.20. The predicted octanol–water partition coefficient (Wildman–Crippen LogP) is 4.04. The Morgan fingerprint density at radius 1 is 1.15 bits per heavy atom. The van der Waals surface area contributed by atoms with Crippen molar-refractivity contribution in [3.8, 4) is 11.4 Å². The van der Waals surface area contributed by atoms with Gasteiger partial charge in [0.2, 0.25) is 6.41 Å². The van der Waals surface area contributed by atoms with Crippen molar-refractivity contribution >= 4 is 17.6 Å². The van der Waals surface area contributed by atoms with Gasteiger partial charge < -0.3 is 15.0 Å². The van der Waals surface area contributed by atoms with Gasteiger partial charge in [-0.1, -0.05) is 43.7 Å². The van der Waals surface area contributed by atoms with Crippen molar-refractivity contribution in [3.63, 3.8) is 0 Å². The van der Waals surface area contributed by atoms with E-state index in [2.05, 4.69) is 58.4 Å². The standard InChI is InChI=1S/C14H13N3.C5H11NO2.C2H6/c1-9-3-5-11(6-4-9)13-16-12-10(2)7-8-15-14(12)17-13;1-8-4-2-3-6-5-7;1-2/h3-8H,1-2H3,(H,15,16,17);5H,2-4H2,1H3,(H,6,7);1-2H3. The number of pyridine rings is 1. The Labute approximate surface area is 161 Å². The summed E-state index contributed by atoms with van der Waals surface area (Å²) >= 11 is 0. The molecule has 1 amide bonds. The van der Waals surface area contributed by atoms with E-state index in [1.54, 1.807) is 13.3 Å². The van der Waals surface area contributed by atoms with Gasteiger partial charge in [-0.2, -0.15) is 0 Å². The van der Waals surface area contributed by atoms with Gasteiger partial charge in [-0.15, -0.1) is 0 Å². The molecule has 3 rings (SSSR count). The van der Waals surface area contributed by atoms with Gasteiger partial charge in [0.05, 0.1) is 5.52 Å². The molecule has 146 valence electrons. The number of nitrogens with zero attached hydrogens (tertiary/aromatic N) is 2. The summed E-state index contributed by atoms with van der Waals surface area (Å²) in [5, 5.41) is 2.52. The number of amides is 1. The Balaban J connectivity index is 0.000000312. The van der Waals surface area contributed by atoms with Crippen LogP contribution in [0, 0.1) is 13.8 Å². The van der Waals surface area contributed by atoms with Crippen LogP contribution in [-0.4, -0.2) is 41.6 Å². The lowest BCUT2D eigenvalue weighted by Crippen LogP contribution is -2.13. The van der Waals surface area contributed by atoms with E-state index >= 15 is 0 Å². The number of aromatic nitrogens is 3. The summed E-state index contributed by atoms with van der Waals surface area (Å²) in [7, 11) is 1.64. The Bertz CT molecular complexity index is 798. The fourth-order valence-corrected chi connectivity index (χ4v) is 2.26. The highest BCUT2D eigenvalue weighted by Gasteiger charge is 2.07. The predicted molar refractivity (Wildman–Crippen MR) is 111 cm³/mol. The topological polar surface area (TPSA) is 79.9 Å². The van der Waals surface area contributed by atoms with Gasteiger partial charge in [-0.05, 0) is 31.9 Å². The summed E-state index contributed by atoms with van der Waals surface area (Å²) in [5.74, 6) is 0.877. The average molecular weight is 370 g/mol. The SMILES string of the molecule is CC.COCCCNC=O.Cc1ccc(-c2nc3nccc(C)c3[nH]2)cc1. The third-order valence-electron chi connectivity index (χ3n) is 3.68. The molecule has 2 heterocycles. The van der Waals surface area contributed by atoms with E-state index in [1.807, 2.05) is 19.9 Å². The van der Waals surface area contributed by atoms with E-state index in [0.29, 0.717) is 19.6 Å². The molecule has 1 aromatic carbocycles. The Morgan fingerprint density at radius 2 is 1.85 bits per heavy atom. The number of fused-ring (bicyclic) bond motifs is 1. The highest BCUT2D eigenvalue weighted by molar-refractivity contribution is 5.78. The molecule has 0 unspecified atom stereocenters. The van der Waals surface area contributed by atoms with Crippen LogP contribution in [0.3, 0.4) is 0 Å². The molecule has 6 nitrogen and oxygen atoms in total. The zero-order chi connectivity index (χ0) is 20.1. The summed E-state index contributed by atoms with van der Waals surface area (Å²) < 4.78 is 4.73. The van der Waals surface area contributed by atoms with Crippen LogP contribution in [0.5, 0.6) is 0 Å². The summed E-state index contributed by atoms with van der Waals surface area (Å²) in [6.45, 7) is 9.55. The second-order valence-electron chi connectivity index (χ2n) is 5.70. The summed E-state index contributed by atoms with van der Waals surface area (Å²) in [6.07, 6.45) is 3.36. The normalized spacial score (nSPS) is 9.67. The first-order chi connectivity index (χ1) is 13.2. The molecule has 0 bridgehead atoms. The number of hydrogen-bond acceptors (Lipinski definition) is 4. The molecular weight excluding hydrogens is 340 g/mol. The first kappa shape index (κ1) is 22.3. The summed E-state index contributed by atoms with van der Waals surface area (Å²) in [4.78, 5) is 21.7. The lowest BCUT2D eigenvalue weighted by atomic mass is 10.1. The number of methoxy groups -OCH3 is 1. The number of aromatic amines is 1. The molecule has 0 saturated carbocycles. The van der Waals surface area contributed by atoms with Crippen LogP contribution < -0.4 is 5.32 Å². The van der Waals surface area contributed by atoms with Crippen molar-refractivity contribution in [3.05, 3.63) is 47.7 Å². The molecule has 0 atom stereocenters. The maximum Gasteiger partial charge on any atom is 0.207 e. The average Bonchev–Trinajstić information content (AvgIpc) is 3.14. The number of carbonyl (C=O) groups is 1. The highest BCUT2D eigenvalue weighted by Crippen LogP contribution is 2.21. The minimum atomic E-state index is 0.690. The number of rotatable bonds is 6. The maximum absolute atomic E-state index is 9.62. The van der Waals surface area contributed by atoms with Crippen molar-refractivity contribution in [2.75, 3.05) is 20.3 Å². The first-order valence-electron chi connectivity index (χ1n) is 9.20. The van der Waals surface area contributed by atoms with Crippen molar-refractivity contribution in [2.24, 2.45) is 0 Å². The molecule has 0 radical (unpaired) electrons. The number of ether oxygens (including phenoxy) is 1. The smallest absolute Gasteiger partial charge is 0.207 e. The molecule has 2 N–H and O–H groups in total. The van der Waals surface area contributed by atoms with Crippen LogP contribution >= 0.6 is 0 Å². The van der Waals surface area contributed by atoms with Gasteiger partial charge in [-0.25, -0.2) is 9.97 Å². The van der Waals surface area contributed by atoms with E-state index < -0.39 is 0 Å².